The average Bonchev–Trinajstić information content (AvgIpc) is 2.46. The minimum absolute atomic E-state index is 0.102. The average molecular weight is 276 g/mol. The van der Waals surface area contributed by atoms with Crippen molar-refractivity contribution in [2.24, 2.45) is 0 Å². The Kier molecular flexibility index (Phi) is 7.43. The van der Waals surface area contributed by atoms with Gasteiger partial charge in [0.15, 0.2) is 0 Å². The van der Waals surface area contributed by atoms with E-state index >= 15 is 0 Å². The van der Waals surface area contributed by atoms with Crippen LogP contribution in [-0.2, 0) is 0 Å². The molecular weight excluding hydrogens is 252 g/mol. The molecule has 0 fully saturated rings. The van der Waals surface area contributed by atoms with Crippen LogP contribution >= 0.6 is 0 Å². The molecule has 1 rings (SSSR count). The van der Waals surface area contributed by atoms with E-state index in [0.29, 0.717) is 0 Å². The van der Waals surface area contributed by atoms with Gasteiger partial charge in [-0.3, -0.25) is 0 Å². The number of aliphatic hydroxyl groups is 1. The first-order valence-electron chi connectivity index (χ1n) is 7.01. The van der Waals surface area contributed by atoms with E-state index in [4.69, 9.17) is 0 Å². The van der Waals surface area contributed by atoms with Gasteiger partial charge >= 0.3 is 6.03 Å². The van der Waals surface area contributed by atoms with Crippen molar-refractivity contribution < 1.29 is 9.90 Å². The fourth-order valence-corrected chi connectivity index (χ4v) is 1.98. The van der Waals surface area contributed by atoms with Crippen LogP contribution in [0.1, 0.15) is 37.8 Å². The summed E-state index contributed by atoms with van der Waals surface area (Å²) in [5.41, 5.74) is 0.893. The van der Waals surface area contributed by atoms with E-state index in [9.17, 15) is 9.90 Å². The zero-order chi connectivity index (χ0) is 14.8. The Balaban J connectivity index is 2.41. The van der Waals surface area contributed by atoms with Crippen molar-refractivity contribution >= 4 is 6.03 Å². The molecule has 2 amide bonds. The Morgan fingerprint density at radius 1 is 1.35 bits per heavy atom. The second kappa shape index (κ2) is 9.15. The molecule has 2 unspecified atom stereocenters. The van der Waals surface area contributed by atoms with Crippen LogP contribution in [0.15, 0.2) is 43.0 Å². The number of hydrogen-bond acceptors (Lipinski definition) is 2. The highest BCUT2D eigenvalue weighted by Crippen LogP contribution is 2.11. The van der Waals surface area contributed by atoms with Gasteiger partial charge in [0.25, 0.3) is 0 Å². The first-order valence-corrected chi connectivity index (χ1v) is 7.01. The lowest BCUT2D eigenvalue weighted by Gasteiger charge is -2.19. The number of urea groups is 1. The maximum atomic E-state index is 11.9. The van der Waals surface area contributed by atoms with Crippen LogP contribution in [0.5, 0.6) is 0 Å². The van der Waals surface area contributed by atoms with E-state index < -0.39 is 0 Å². The number of hydrogen-bond donors (Lipinski definition) is 3. The number of allylic oxidation sites excluding steroid dienone is 1. The van der Waals surface area contributed by atoms with Crippen molar-refractivity contribution in [3.63, 3.8) is 0 Å². The highest BCUT2D eigenvalue weighted by Gasteiger charge is 2.14. The topological polar surface area (TPSA) is 61.4 Å². The molecule has 4 nitrogen and oxygen atoms in total. The van der Waals surface area contributed by atoms with Crippen molar-refractivity contribution in [3.8, 4) is 0 Å². The predicted octanol–water partition coefficient (Wildman–Crippen LogP) is 2.76. The zero-order valence-corrected chi connectivity index (χ0v) is 12.0. The molecule has 0 aliphatic heterocycles. The van der Waals surface area contributed by atoms with Gasteiger partial charge in [0.05, 0.1) is 12.6 Å². The number of unbranched alkanes of at least 4 members (excludes halogenated alkanes) is 1. The molecule has 0 bridgehead atoms. The lowest BCUT2D eigenvalue weighted by Crippen LogP contribution is -2.43. The standard InChI is InChI=1S/C16H24N2O2/c1-3-4-6-9-13(2)17-16(20)18-15(12-19)14-10-7-5-8-11-14/h3,5,7-8,10-11,13,15,19H,1,4,6,9,12H2,2H3,(H2,17,18,20). The van der Waals surface area contributed by atoms with Crippen LogP contribution in [0.2, 0.25) is 0 Å². The number of carbonyl (C=O) groups excluding carboxylic acids is 1. The van der Waals surface area contributed by atoms with Gasteiger partial charge in [-0.05, 0) is 31.7 Å². The molecule has 0 heterocycles. The zero-order valence-electron chi connectivity index (χ0n) is 12.0. The van der Waals surface area contributed by atoms with E-state index in [1.54, 1.807) is 0 Å². The second-order valence-electron chi connectivity index (χ2n) is 4.88. The van der Waals surface area contributed by atoms with Crippen molar-refractivity contribution in [2.45, 2.75) is 38.3 Å². The summed E-state index contributed by atoms with van der Waals surface area (Å²) in [6.45, 7) is 5.52. The van der Waals surface area contributed by atoms with Crippen LogP contribution in [0.25, 0.3) is 0 Å². The van der Waals surface area contributed by atoms with Gasteiger partial charge in [0.2, 0.25) is 0 Å². The Morgan fingerprint density at radius 3 is 2.65 bits per heavy atom. The van der Waals surface area contributed by atoms with Gasteiger partial charge < -0.3 is 15.7 Å². The molecule has 110 valence electrons. The number of benzene rings is 1. The fourth-order valence-electron chi connectivity index (χ4n) is 1.98. The van der Waals surface area contributed by atoms with Gasteiger partial charge in [-0.25, -0.2) is 4.79 Å². The second-order valence-corrected chi connectivity index (χ2v) is 4.88. The van der Waals surface area contributed by atoms with E-state index in [1.807, 2.05) is 43.3 Å². The molecule has 0 saturated carbocycles. The van der Waals surface area contributed by atoms with Crippen LogP contribution in [0.4, 0.5) is 4.79 Å². The summed E-state index contributed by atoms with van der Waals surface area (Å²) in [6.07, 6.45) is 4.75. The lowest BCUT2D eigenvalue weighted by atomic mass is 10.1. The van der Waals surface area contributed by atoms with E-state index in [-0.39, 0.29) is 24.7 Å². The summed E-state index contributed by atoms with van der Waals surface area (Å²) < 4.78 is 0. The Bertz CT molecular complexity index is 406. The molecule has 4 heteroatoms. The Labute approximate surface area is 120 Å². The molecule has 3 N–H and O–H groups in total. The largest absolute Gasteiger partial charge is 0.394 e. The van der Waals surface area contributed by atoms with E-state index in [1.165, 1.54) is 0 Å². The minimum Gasteiger partial charge on any atom is -0.394 e. The molecule has 0 spiro atoms. The summed E-state index contributed by atoms with van der Waals surface area (Å²) in [4.78, 5) is 11.9. The molecule has 1 aromatic rings. The molecule has 2 atom stereocenters. The first kappa shape index (κ1) is 16.2. The highest BCUT2D eigenvalue weighted by atomic mass is 16.3. The molecule has 0 aromatic heterocycles. The summed E-state index contributed by atoms with van der Waals surface area (Å²) in [7, 11) is 0. The highest BCUT2D eigenvalue weighted by molar-refractivity contribution is 5.74. The van der Waals surface area contributed by atoms with Crippen molar-refractivity contribution in [1.82, 2.24) is 10.6 Å². The quantitative estimate of drug-likeness (QED) is 0.505. The summed E-state index contributed by atoms with van der Waals surface area (Å²) in [5, 5.41) is 15.0. The number of nitrogens with one attached hydrogen (secondary N) is 2. The van der Waals surface area contributed by atoms with Gasteiger partial charge in [-0.1, -0.05) is 36.4 Å². The molecule has 0 aliphatic carbocycles. The SMILES string of the molecule is C=CCCCC(C)NC(=O)NC(CO)c1ccccc1. The molecule has 0 saturated heterocycles. The van der Waals surface area contributed by atoms with Crippen LogP contribution in [0, 0.1) is 0 Å². The van der Waals surface area contributed by atoms with Gasteiger partial charge in [-0.15, -0.1) is 6.58 Å². The minimum atomic E-state index is -0.378. The Morgan fingerprint density at radius 2 is 2.05 bits per heavy atom. The number of aliphatic hydroxyl groups excluding tert-OH is 1. The van der Waals surface area contributed by atoms with Crippen molar-refractivity contribution in [3.05, 3.63) is 48.6 Å². The monoisotopic (exact) mass is 276 g/mol. The van der Waals surface area contributed by atoms with Gasteiger partial charge in [-0.2, -0.15) is 0 Å². The van der Waals surface area contributed by atoms with Crippen molar-refractivity contribution in [1.29, 1.82) is 0 Å². The summed E-state index contributed by atoms with van der Waals surface area (Å²) in [6, 6.07) is 8.91. The maximum Gasteiger partial charge on any atom is 0.315 e. The third-order valence-corrected chi connectivity index (χ3v) is 3.11. The van der Waals surface area contributed by atoms with Crippen LogP contribution in [0.3, 0.4) is 0 Å². The van der Waals surface area contributed by atoms with Gasteiger partial charge in [0.1, 0.15) is 0 Å². The third-order valence-electron chi connectivity index (χ3n) is 3.11. The normalized spacial score (nSPS) is 13.3. The van der Waals surface area contributed by atoms with E-state index in [2.05, 4.69) is 17.2 Å². The summed E-state index contributed by atoms with van der Waals surface area (Å²) in [5.74, 6) is 0. The smallest absolute Gasteiger partial charge is 0.315 e. The van der Waals surface area contributed by atoms with Crippen LogP contribution in [-0.4, -0.2) is 23.8 Å². The fraction of sp³-hybridized carbons (Fsp3) is 0.438. The van der Waals surface area contributed by atoms with E-state index in [0.717, 1.165) is 24.8 Å². The molecule has 0 radical (unpaired) electrons. The number of amides is 2. The third kappa shape index (κ3) is 5.89. The Hall–Kier alpha value is -1.81. The molecule has 1 aromatic carbocycles. The summed E-state index contributed by atoms with van der Waals surface area (Å²) >= 11 is 0. The number of carbonyl (C=O) groups is 1. The predicted molar refractivity (Wildman–Crippen MR) is 81.4 cm³/mol. The number of rotatable bonds is 8. The van der Waals surface area contributed by atoms with Crippen LogP contribution < -0.4 is 10.6 Å². The van der Waals surface area contributed by atoms with Gasteiger partial charge in [0, 0.05) is 6.04 Å². The molecule has 0 aliphatic rings. The lowest BCUT2D eigenvalue weighted by molar-refractivity contribution is 0.214. The first-order chi connectivity index (χ1) is 9.67. The molecule has 20 heavy (non-hydrogen) atoms. The molecular formula is C16H24N2O2. The maximum absolute atomic E-state index is 11.9. The van der Waals surface area contributed by atoms with Crippen molar-refractivity contribution in [2.75, 3.05) is 6.61 Å².